The third kappa shape index (κ3) is 3.06. The molecule has 1 aliphatic rings. The molecule has 1 aromatic heterocycles. The van der Waals surface area contributed by atoms with Crippen molar-refractivity contribution >= 4 is 11.8 Å². The van der Waals surface area contributed by atoms with Gasteiger partial charge in [0.15, 0.2) is 0 Å². The first-order valence-corrected chi connectivity index (χ1v) is 6.05. The van der Waals surface area contributed by atoms with E-state index in [1.165, 1.54) is 0 Å². The summed E-state index contributed by atoms with van der Waals surface area (Å²) in [7, 11) is 0. The Kier molecular flexibility index (Phi) is 3.19. The molecule has 1 atom stereocenters. The van der Waals surface area contributed by atoms with Crippen molar-refractivity contribution in [2.45, 2.75) is 38.7 Å². The molecule has 1 saturated heterocycles. The van der Waals surface area contributed by atoms with Crippen molar-refractivity contribution in [2.24, 2.45) is 0 Å². The van der Waals surface area contributed by atoms with Crippen LogP contribution in [0.25, 0.3) is 0 Å². The summed E-state index contributed by atoms with van der Waals surface area (Å²) in [6.07, 6.45) is 2.56. The van der Waals surface area contributed by atoms with Crippen LogP contribution in [0.4, 0.5) is 11.8 Å². The van der Waals surface area contributed by atoms with Gasteiger partial charge in [0.25, 0.3) is 0 Å². The maximum Gasteiger partial charge on any atom is 0.222 e. The van der Waals surface area contributed by atoms with Crippen LogP contribution in [0.3, 0.4) is 0 Å². The van der Waals surface area contributed by atoms with Gasteiger partial charge in [-0.05, 0) is 33.1 Å². The lowest BCUT2D eigenvalue weighted by molar-refractivity contribution is 0.0481. The SMILES string of the molecule is Cc1cc(N2CCCC(C)(O)CC2)nc(N)n1. The summed E-state index contributed by atoms with van der Waals surface area (Å²) in [5.74, 6) is 1.18. The van der Waals surface area contributed by atoms with Crippen LogP contribution in [0.2, 0.25) is 0 Å². The summed E-state index contributed by atoms with van der Waals surface area (Å²) in [5, 5.41) is 10.0. The largest absolute Gasteiger partial charge is 0.390 e. The fourth-order valence-electron chi connectivity index (χ4n) is 2.23. The van der Waals surface area contributed by atoms with Crippen LogP contribution in [0.5, 0.6) is 0 Å². The van der Waals surface area contributed by atoms with Gasteiger partial charge in [0, 0.05) is 24.8 Å². The number of hydrogen-bond acceptors (Lipinski definition) is 5. The Morgan fingerprint density at radius 1 is 1.35 bits per heavy atom. The van der Waals surface area contributed by atoms with Crippen LogP contribution in [0.15, 0.2) is 6.07 Å². The number of rotatable bonds is 1. The molecule has 5 heteroatoms. The molecule has 0 bridgehead atoms. The van der Waals surface area contributed by atoms with Gasteiger partial charge in [-0.2, -0.15) is 4.98 Å². The zero-order chi connectivity index (χ0) is 12.5. The van der Waals surface area contributed by atoms with Crippen molar-refractivity contribution in [3.63, 3.8) is 0 Å². The van der Waals surface area contributed by atoms with E-state index in [0.717, 1.165) is 43.9 Å². The molecule has 1 unspecified atom stereocenters. The molecule has 5 nitrogen and oxygen atoms in total. The third-order valence-corrected chi connectivity index (χ3v) is 3.25. The predicted octanol–water partition coefficient (Wildman–Crippen LogP) is 1.11. The van der Waals surface area contributed by atoms with E-state index in [2.05, 4.69) is 14.9 Å². The minimum atomic E-state index is -0.553. The van der Waals surface area contributed by atoms with Gasteiger partial charge in [0.05, 0.1) is 5.60 Å². The molecule has 94 valence electrons. The topological polar surface area (TPSA) is 75.3 Å². The number of nitrogens with zero attached hydrogens (tertiary/aromatic N) is 3. The lowest BCUT2D eigenvalue weighted by Crippen LogP contribution is -2.29. The summed E-state index contributed by atoms with van der Waals surface area (Å²) < 4.78 is 0. The number of nitrogen functional groups attached to an aromatic ring is 1. The van der Waals surface area contributed by atoms with Gasteiger partial charge in [0.2, 0.25) is 5.95 Å². The Morgan fingerprint density at radius 3 is 2.82 bits per heavy atom. The van der Waals surface area contributed by atoms with Gasteiger partial charge in [-0.1, -0.05) is 0 Å². The maximum absolute atomic E-state index is 10.0. The molecule has 17 heavy (non-hydrogen) atoms. The first-order chi connectivity index (χ1) is 7.96. The number of anilines is 2. The van der Waals surface area contributed by atoms with Crippen molar-refractivity contribution in [1.29, 1.82) is 0 Å². The molecule has 0 spiro atoms. The van der Waals surface area contributed by atoms with Crippen molar-refractivity contribution in [3.05, 3.63) is 11.8 Å². The second-order valence-corrected chi connectivity index (χ2v) is 5.06. The molecular weight excluding hydrogens is 216 g/mol. The average molecular weight is 236 g/mol. The smallest absolute Gasteiger partial charge is 0.222 e. The molecule has 0 radical (unpaired) electrons. The van der Waals surface area contributed by atoms with E-state index in [4.69, 9.17) is 5.73 Å². The number of aryl methyl sites for hydroxylation is 1. The van der Waals surface area contributed by atoms with Crippen molar-refractivity contribution in [1.82, 2.24) is 9.97 Å². The van der Waals surface area contributed by atoms with E-state index in [0.29, 0.717) is 5.95 Å². The molecular formula is C12H20N4O. The number of hydrogen-bond donors (Lipinski definition) is 2. The monoisotopic (exact) mass is 236 g/mol. The summed E-state index contributed by atoms with van der Waals surface area (Å²) in [4.78, 5) is 10.5. The van der Waals surface area contributed by atoms with Crippen LogP contribution >= 0.6 is 0 Å². The molecule has 1 aromatic rings. The molecule has 0 saturated carbocycles. The Balaban J connectivity index is 2.17. The number of aromatic nitrogens is 2. The lowest BCUT2D eigenvalue weighted by atomic mass is 9.98. The van der Waals surface area contributed by atoms with Crippen molar-refractivity contribution in [3.8, 4) is 0 Å². The zero-order valence-electron chi connectivity index (χ0n) is 10.5. The fraction of sp³-hybridized carbons (Fsp3) is 0.667. The van der Waals surface area contributed by atoms with Crippen molar-refractivity contribution in [2.75, 3.05) is 23.7 Å². The van der Waals surface area contributed by atoms with Gasteiger partial charge in [-0.25, -0.2) is 4.98 Å². The predicted molar refractivity (Wildman–Crippen MR) is 67.9 cm³/mol. The Morgan fingerprint density at radius 2 is 2.12 bits per heavy atom. The highest BCUT2D eigenvalue weighted by molar-refractivity contribution is 5.43. The minimum absolute atomic E-state index is 0.316. The first kappa shape index (κ1) is 12.1. The van der Waals surface area contributed by atoms with E-state index in [-0.39, 0.29) is 0 Å². The molecule has 3 N–H and O–H groups in total. The summed E-state index contributed by atoms with van der Waals surface area (Å²) in [5.41, 5.74) is 5.99. The Hall–Kier alpha value is -1.36. The van der Waals surface area contributed by atoms with Gasteiger partial charge in [-0.3, -0.25) is 0 Å². The van der Waals surface area contributed by atoms with Gasteiger partial charge in [0.1, 0.15) is 5.82 Å². The fourth-order valence-corrected chi connectivity index (χ4v) is 2.23. The Bertz CT molecular complexity index is 385. The summed E-state index contributed by atoms with van der Waals surface area (Å²) >= 11 is 0. The highest BCUT2D eigenvalue weighted by atomic mass is 16.3. The zero-order valence-corrected chi connectivity index (χ0v) is 10.5. The lowest BCUT2D eigenvalue weighted by Gasteiger charge is -2.23. The minimum Gasteiger partial charge on any atom is -0.390 e. The van der Waals surface area contributed by atoms with E-state index in [1.807, 2.05) is 19.9 Å². The molecule has 0 aromatic carbocycles. The maximum atomic E-state index is 10.0. The average Bonchev–Trinajstić information content (AvgIpc) is 2.38. The molecule has 1 fully saturated rings. The van der Waals surface area contributed by atoms with E-state index in [9.17, 15) is 5.11 Å². The summed E-state index contributed by atoms with van der Waals surface area (Å²) in [6, 6.07) is 1.94. The summed E-state index contributed by atoms with van der Waals surface area (Å²) in [6.45, 7) is 5.53. The van der Waals surface area contributed by atoms with Gasteiger partial charge >= 0.3 is 0 Å². The molecule has 0 amide bonds. The highest BCUT2D eigenvalue weighted by Crippen LogP contribution is 2.24. The van der Waals surface area contributed by atoms with Crippen LogP contribution < -0.4 is 10.6 Å². The molecule has 1 aliphatic heterocycles. The molecule has 2 heterocycles. The van der Waals surface area contributed by atoms with E-state index < -0.39 is 5.60 Å². The number of nitrogens with two attached hydrogens (primary N) is 1. The highest BCUT2D eigenvalue weighted by Gasteiger charge is 2.25. The standard InChI is InChI=1S/C12H20N4O/c1-9-8-10(15-11(13)14-9)16-6-3-4-12(2,17)5-7-16/h8,17H,3-7H2,1-2H3,(H2,13,14,15). The van der Waals surface area contributed by atoms with Crippen LogP contribution in [0.1, 0.15) is 31.9 Å². The second-order valence-electron chi connectivity index (χ2n) is 5.06. The van der Waals surface area contributed by atoms with E-state index >= 15 is 0 Å². The van der Waals surface area contributed by atoms with E-state index in [1.54, 1.807) is 0 Å². The van der Waals surface area contributed by atoms with Crippen LogP contribution in [-0.4, -0.2) is 33.8 Å². The molecule has 2 rings (SSSR count). The molecule has 0 aliphatic carbocycles. The van der Waals surface area contributed by atoms with Gasteiger partial charge in [-0.15, -0.1) is 0 Å². The quantitative estimate of drug-likeness (QED) is 0.764. The van der Waals surface area contributed by atoms with Crippen LogP contribution in [0, 0.1) is 6.92 Å². The Labute approximate surface area is 102 Å². The van der Waals surface area contributed by atoms with Crippen LogP contribution in [-0.2, 0) is 0 Å². The second kappa shape index (κ2) is 4.49. The van der Waals surface area contributed by atoms with Crippen molar-refractivity contribution < 1.29 is 5.11 Å². The first-order valence-electron chi connectivity index (χ1n) is 6.05. The number of aliphatic hydroxyl groups is 1. The third-order valence-electron chi connectivity index (χ3n) is 3.25. The normalized spacial score (nSPS) is 25.7. The van der Waals surface area contributed by atoms with Gasteiger partial charge < -0.3 is 15.7 Å².